The minimum atomic E-state index is 0.822. The molecule has 0 bridgehead atoms. The van der Waals surface area contributed by atoms with Crippen LogP contribution in [-0.4, -0.2) is 6.54 Å². The Kier molecular flexibility index (Phi) is 5.54. The maximum absolute atomic E-state index is 5.91. The molecule has 0 aliphatic heterocycles. The van der Waals surface area contributed by atoms with Crippen molar-refractivity contribution in [3.8, 4) is 0 Å². The quantitative estimate of drug-likeness (QED) is 0.692. The van der Waals surface area contributed by atoms with E-state index in [4.69, 9.17) is 5.73 Å². The average molecular weight is 197 g/mol. The highest BCUT2D eigenvalue weighted by atomic mass is 14.6. The third kappa shape index (κ3) is 3.27. The molecule has 2 N–H and O–H groups in total. The highest BCUT2D eigenvalue weighted by Gasteiger charge is 2.25. The van der Waals surface area contributed by atoms with Gasteiger partial charge < -0.3 is 5.73 Å². The maximum atomic E-state index is 5.91. The molecule has 84 valence electrons. The van der Waals surface area contributed by atoms with Crippen LogP contribution in [0.4, 0.5) is 0 Å². The first-order valence-corrected chi connectivity index (χ1v) is 6.51. The third-order valence-electron chi connectivity index (χ3n) is 4.16. The van der Waals surface area contributed by atoms with E-state index in [0.29, 0.717) is 0 Å². The summed E-state index contributed by atoms with van der Waals surface area (Å²) in [6, 6.07) is 0. The molecule has 1 aliphatic carbocycles. The molecule has 0 aromatic rings. The van der Waals surface area contributed by atoms with Crippen molar-refractivity contribution in [1.29, 1.82) is 0 Å². The Hall–Kier alpha value is -0.0400. The largest absolute Gasteiger partial charge is 0.330 e. The molecule has 1 fully saturated rings. The lowest BCUT2D eigenvalue weighted by Gasteiger charge is -2.25. The van der Waals surface area contributed by atoms with E-state index in [9.17, 15) is 0 Å². The van der Waals surface area contributed by atoms with Crippen molar-refractivity contribution >= 4 is 0 Å². The molecular weight excluding hydrogens is 170 g/mol. The zero-order chi connectivity index (χ0) is 10.4. The molecule has 0 radical (unpaired) electrons. The van der Waals surface area contributed by atoms with Crippen LogP contribution in [0.3, 0.4) is 0 Å². The molecule has 0 saturated heterocycles. The van der Waals surface area contributed by atoms with Crippen molar-refractivity contribution in [2.75, 3.05) is 6.54 Å². The summed E-state index contributed by atoms with van der Waals surface area (Å²) in [6.07, 6.45) is 9.84. The average Bonchev–Trinajstić information content (AvgIpc) is 2.73. The molecule has 1 unspecified atom stereocenters. The van der Waals surface area contributed by atoms with Gasteiger partial charge in [-0.15, -0.1) is 0 Å². The van der Waals surface area contributed by atoms with Crippen molar-refractivity contribution < 1.29 is 0 Å². The lowest BCUT2D eigenvalue weighted by molar-refractivity contribution is 0.267. The van der Waals surface area contributed by atoms with Crippen molar-refractivity contribution in [2.45, 2.75) is 58.8 Å². The molecule has 1 saturated carbocycles. The third-order valence-corrected chi connectivity index (χ3v) is 4.16. The highest BCUT2D eigenvalue weighted by molar-refractivity contribution is 4.77. The number of nitrogens with two attached hydrogens (primary N) is 1. The minimum Gasteiger partial charge on any atom is -0.330 e. The minimum absolute atomic E-state index is 0.822. The Balaban J connectivity index is 2.36. The molecule has 0 amide bonds. The van der Waals surface area contributed by atoms with Crippen LogP contribution in [0.5, 0.6) is 0 Å². The molecule has 1 rings (SSSR count). The van der Waals surface area contributed by atoms with Crippen LogP contribution in [0, 0.1) is 17.8 Å². The highest BCUT2D eigenvalue weighted by Crippen LogP contribution is 2.35. The van der Waals surface area contributed by atoms with E-state index in [1.807, 2.05) is 0 Å². The zero-order valence-corrected chi connectivity index (χ0v) is 9.97. The van der Waals surface area contributed by atoms with Crippen LogP contribution in [0.15, 0.2) is 0 Å². The predicted molar refractivity (Wildman–Crippen MR) is 63.2 cm³/mol. The SMILES string of the molecule is CCC(CC)CC(CN)C1CCCC1. The number of hydrogen-bond acceptors (Lipinski definition) is 1. The Labute approximate surface area is 89.5 Å². The number of rotatable bonds is 6. The van der Waals surface area contributed by atoms with Gasteiger partial charge in [-0.3, -0.25) is 0 Å². The summed E-state index contributed by atoms with van der Waals surface area (Å²) in [6.45, 7) is 5.55. The molecule has 1 atom stereocenters. The van der Waals surface area contributed by atoms with Crippen LogP contribution < -0.4 is 5.73 Å². The smallest absolute Gasteiger partial charge is 0.00461 e. The normalized spacial score (nSPS) is 20.6. The van der Waals surface area contributed by atoms with Gasteiger partial charge in [0.2, 0.25) is 0 Å². The summed E-state index contributed by atoms with van der Waals surface area (Å²) in [5.74, 6) is 2.70. The second-order valence-electron chi connectivity index (χ2n) is 4.96. The monoisotopic (exact) mass is 197 g/mol. The fourth-order valence-electron chi connectivity index (χ4n) is 2.96. The van der Waals surface area contributed by atoms with E-state index in [2.05, 4.69) is 13.8 Å². The Morgan fingerprint density at radius 1 is 1.14 bits per heavy atom. The first kappa shape index (κ1) is 12.0. The van der Waals surface area contributed by atoms with E-state index >= 15 is 0 Å². The topological polar surface area (TPSA) is 26.0 Å². The fraction of sp³-hybridized carbons (Fsp3) is 1.00. The number of hydrogen-bond donors (Lipinski definition) is 1. The Morgan fingerprint density at radius 3 is 2.14 bits per heavy atom. The van der Waals surface area contributed by atoms with E-state index in [1.165, 1.54) is 44.9 Å². The molecule has 1 heteroatoms. The van der Waals surface area contributed by atoms with Crippen molar-refractivity contribution in [3.05, 3.63) is 0 Å². The summed E-state index contributed by atoms with van der Waals surface area (Å²) in [4.78, 5) is 0. The first-order chi connectivity index (χ1) is 6.81. The van der Waals surface area contributed by atoms with Crippen LogP contribution in [0.1, 0.15) is 58.8 Å². The first-order valence-electron chi connectivity index (χ1n) is 6.51. The van der Waals surface area contributed by atoms with E-state index in [1.54, 1.807) is 0 Å². The lowest BCUT2D eigenvalue weighted by atomic mass is 9.82. The summed E-state index contributed by atoms with van der Waals surface area (Å²) in [7, 11) is 0. The summed E-state index contributed by atoms with van der Waals surface area (Å²) in [5, 5.41) is 0. The van der Waals surface area contributed by atoms with Gasteiger partial charge in [-0.05, 0) is 30.7 Å². The van der Waals surface area contributed by atoms with Crippen LogP contribution in [0.25, 0.3) is 0 Å². The summed E-state index contributed by atoms with van der Waals surface area (Å²) < 4.78 is 0. The zero-order valence-electron chi connectivity index (χ0n) is 9.97. The summed E-state index contributed by atoms with van der Waals surface area (Å²) >= 11 is 0. The molecule has 14 heavy (non-hydrogen) atoms. The van der Waals surface area contributed by atoms with Crippen LogP contribution >= 0.6 is 0 Å². The van der Waals surface area contributed by atoms with Gasteiger partial charge in [-0.1, -0.05) is 52.4 Å². The van der Waals surface area contributed by atoms with Gasteiger partial charge >= 0.3 is 0 Å². The fourth-order valence-corrected chi connectivity index (χ4v) is 2.96. The van der Waals surface area contributed by atoms with Gasteiger partial charge in [-0.25, -0.2) is 0 Å². The molecule has 1 nitrogen and oxygen atoms in total. The Morgan fingerprint density at radius 2 is 1.71 bits per heavy atom. The van der Waals surface area contributed by atoms with Crippen molar-refractivity contribution in [1.82, 2.24) is 0 Å². The van der Waals surface area contributed by atoms with Crippen LogP contribution in [-0.2, 0) is 0 Å². The van der Waals surface area contributed by atoms with Crippen molar-refractivity contribution in [3.63, 3.8) is 0 Å². The molecule has 0 spiro atoms. The standard InChI is InChI=1S/C13H27N/c1-3-11(4-2)9-13(10-14)12-7-5-6-8-12/h11-13H,3-10,14H2,1-2H3. The van der Waals surface area contributed by atoms with Crippen molar-refractivity contribution in [2.24, 2.45) is 23.5 Å². The van der Waals surface area contributed by atoms with E-state index in [0.717, 1.165) is 24.3 Å². The lowest BCUT2D eigenvalue weighted by Crippen LogP contribution is -2.24. The second-order valence-corrected chi connectivity index (χ2v) is 4.96. The van der Waals surface area contributed by atoms with Gasteiger partial charge in [0.15, 0.2) is 0 Å². The van der Waals surface area contributed by atoms with Gasteiger partial charge in [-0.2, -0.15) is 0 Å². The molecule has 0 aromatic heterocycles. The second kappa shape index (κ2) is 6.44. The molecular formula is C13H27N. The van der Waals surface area contributed by atoms with Gasteiger partial charge in [0.25, 0.3) is 0 Å². The van der Waals surface area contributed by atoms with Crippen LogP contribution in [0.2, 0.25) is 0 Å². The van der Waals surface area contributed by atoms with Gasteiger partial charge in [0.1, 0.15) is 0 Å². The Bertz CT molecular complexity index is 134. The summed E-state index contributed by atoms with van der Waals surface area (Å²) in [5.41, 5.74) is 5.91. The van der Waals surface area contributed by atoms with Gasteiger partial charge in [0, 0.05) is 0 Å². The molecule has 0 heterocycles. The predicted octanol–water partition coefficient (Wildman–Crippen LogP) is 3.58. The van der Waals surface area contributed by atoms with Gasteiger partial charge in [0.05, 0.1) is 0 Å². The maximum Gasteiger partial charge on any atom is -0.00461 e. The van der Waals surface area contributed by atoms with E-state index < -0.39 is 0 Å². The molecule has 0 aromatic carbocycles. The molecule has 1 aliphatic rings. The van der Waals surface area contributed by atoms with E-state index in [-0.39, 0.29) is 0 Å².